The van der Waals surface area contributed by atoms with Crippen molar-refractivity contribution in [3.8, 4) is 0 Å². The minimum Gasteiger partial charge on any atom is -0.381 e. The van der Waals surface area contributed by atoms with Gasteiger partial charge in [0.15, 0.2) is 0 Å². The van der Waals surface area contributed by atoms with E-state index in [9.17, 15) is 0 Å². The zero-order valence-electron chi connectivity index (χ0n) is 13.4. The summed E-state index contributed by atoms with van der Waals surface area (Å²) < 4.78 is 5.69. The quantitative estimate of drug-likeness (QED) is 0.214. The molecule has 0 aliphatic carbocycles. The molecule has 0 unspecified atom stereocenters. The van der Waals surface area contributed by atoms with Crippen molar-refractivity contribution in [3.63, 3.8) is 0 Å². The number of hydrogen-bond donors (Lipinski definition) is 6. The summed E-state index contributed by atoms with van der Waals surface area (Å²) in [4.78, 5) is 0. The predicted octanol–water partition coefficient (Wildman–Crippen LogP) is -1.43. The molecule has 0 bridgehead atoms. The molecule has 0 fully saturated rings. The Kier molecular flexibility index (Phi) is 11.2. The van der Waals surface area contributed by atoms with Crippen LogP contribution in [0.25, 0.3) is 0 Å². The minimum absolute atomic E-state index is 0.322. The van der Waals surface area contributed by atoms with Crippen molar-refractivity contribution in [2.75, 3.05) is 39.4 Å². The van der Waals surface area contributed by atoms with Crippen molar-refractivity contribution in [2.24, 2.45) is 34.4 Å². The fraction of sp³-hybridized carbons (Fsp3) is 1.00. The monoisotopic (exact) mass is 304 g/mol. The van der Waals surface area contributed by atoms with Crippen molar-refractivity contribution in [2.45, 2.75) is 49.6 Å². The van der Waals surface area contributed by atoms with E-state index in [4.69, 9.17) is 39.1 Å². The lowest BCUT2D eigenvalue weighted by atomic mass is 9.88. The molecule has 0 saturated heterocycles. The Labute approximate surface area is 129 Å². The molecular formula is C14H36N6O. The molecule has 21 heavy (non-hydrogen) atoms. The molecular weight excluding hydrogens is 268 g/mol. The highest BCUT2D eigenvalue weighted by Crippen LogP contribution is 2.18. The highest BCUT2D eigenvalue weighted by atomic mass is 16.5. The Morgan fingerprint density at radius 3 is 1.05 bits per heavy atom. The van der Waals surface area contributed by atoms with Crippen LogP contribution >= 0.6 is 0 Å². The molecule has 0 aliphatic rings. The van der Waals surface area contributed by atoms with Gasteiger partial charge in [-0.2, -0.15) is 0 Å². The van der Waals surface area contributed by atoms with Crippen molar-refractivity contribution in [1.29, 1.82) is 0 Å². The van der Waals surface area contributed by atoms with Gasteiger partial charge in [-0.15, -0.1) is 0 Å². The Morgan fingerprint density at radius 2 is 0.810 bits per heavy atom. The molecule has 0 heterocycles. The summed E-state index contributed by atoms with van der Waals surface area (Å²) >= 11 is 0. The van der Waals surface area contributed by atoms with Crippen LogP contribution in [0, 0.1) is 0 Å². The van der Waals surface area contributed by atoms with E-state index in [1.807, 2.05) is 0 Å². The first-order valence-electron chi connectivity index (χ1n) is 7.91. The van der Waals surface area contributed by atoms with E-state index in [1.54, 1.807) is 0 Å². The Bertz CT molecular complexity index is 216. The van der Waals surface area contributed by atoms with Crippen LogP contribution in [0.3, 0.4) is 0 Å². The third kappa shape index (κ3) is 9.36. The molecule has 128 valence electrons. The van der Waals surface area contributed by atoms with Gasteiger partial charge in [0.05, 0.1) is 0 Å². The first kappa shape index (κ1) is 20.7. The smallest absolute Gasteiger partial charge is 0.0483 e. The van der Waals surface area contributed by atoms with E-state index >= 15 is 0 Å². The first-order valence-corrected chi connectivity index (χ1v) is 7.91. The van der Waals surface area contributed by atoms with Crippen LogP contribution in [-0.4, -0.2) is 50.5 Å². The molecule has 0 atom stereocenters. The molecule has 0 aromatic carbocycles. The van der Waals surface area contributed by atoms with Gasteiger partial charge in [0.25, 0.3) is 0 Å². The first-order chi connectivity index (χ1) is 9.95. The fourth-order valence-corrected chi connectivity index (χ4v) is 2.55. The maximum absolute atomic E-state index is 6.28. The highest BCUT2D eigenvalue weighted by molar-refractivity contribution is 4.86. The van der Waals surface area contributed by atoms with Crippen molar-refractivity contribution >= 4 is 0 Å². The third-order valence-corrected chi connectivity index (χ3v) is 4.06. The molecule has 0 rings (SSSR count). The van der Waals surface area contributed by atoms with Crippen LogP contribution < -0.4 is 34.4 Å². The molecule has 0 aliphatic heterocycles. The van der Waals surface area contributed by atoms with Crippen molar-refractivity contribution < 1.29 is 4.74 Å². The van der Waals surface area contributed by atoms with Gasteiger partial charge in [0.1, 0.15) is 0 Å². The van der Waals surface area contributed by atoms with E-state index < -0.39 is 0 Å². The Morgan fingerprint density at radius 1 is 0.524 bits per heavy atom. The fourth-order valence-electron chi connectivity index (χ4n) is 2.55. The topological polar surface area (TPSA) is 165 Å². The van der Waals surface area contributed by atoms with Gasteiger partial charge in [-0.25, -0.2) is 0 Å². The van der Waals surface area contributed by atoms with E-state index in [1.165, 1.54) is 0 Å². The summed E-state index contributed by atoms with van der Waals surface area (Å²) in [5.74, 6) is 0. The molecule has 0 aromatic rings. The number of rotatable bonds is 14. The summed E-state index contributed by atoms with van der Waals surface area (Å²) in [6, 6.07) is 0. The molecule has 0 radical (unpaired) electrons. The molecule has 12 N–H and O–H groups in total. The number of nitrogens with two attached hydrogens (primary N) is 6. The zero-order valence-corrected chi connectivity index (χ0v) is 13.4. The molecule has 0 aromatic heterocycles. The van der Waals surface area contributed by atoms with Gasteiger partial charge in [-0.3, -0.25) is 0 Å². The van der Waals surface area contributed by atoms with Gasteiger partial charge in [-0.05, 0) is 64.7 Å². The van der Waals surface area contributed by atoms with Crippen LogP contribution in [-0.2, 0) is 4.74 Å². The van der Waals surface area contributed by atoms with E-state index in [-0.39, 0.29) is 11.1 Å². The predicted molar refractivity (Wildman–Crippen MR) is 88.6 cm³/mol. The molecule has 0 spiro atoms. The van der Waals surface area contributed by atoms with Crippen molar-refractivity contribution in [3.05, 3.63) is 0 Å². The van der Waals surface area contributed by atoms with Gasteiger partial charge in [0, 0.05) is 24.3 Å². The average molecular weight is 304 g/mol. The van der Waals surface area contributed by atoms with Gasteiger partial charge < -0.3 is 39.1 Å². The van der Waals surface area contributed by atoms with Crippen LogP contribution in [0.5, 0.6) is 0 Å². The summed E-state index contributed by atoms with van der Waals surface area (Å²) in [5.41, 5.74) is 34.3. The minimum atomic E-state index is -0.322. The Hall–Kier alpha value is -0.280. The summed E-state index contributed by atoms with van der Waals surface area (Å²) in [6.07, 6.45) is 4.55. The normalized spacial score (nSPS) is 12.9. The number of hydrogen-bond acceptors (Lipinski definition) is 7. The standard InChI is InChI=1S/C14H36N6O/c15-7-1-13(19,2-8-16)5-11-21-12-6-14(20,3-9-17)4-10-18/h1-12,15-20H2. The third-order valence-electron chi connectivity index (χ3n) is 4.06. The second kappa shape index (κ2) is 11.3. The lowest BCUT2D eigenvalue weighted by Gasteiger charge is -2.30. The molecule has 7 nitrogen and oxygen atoms in total. The molecule has 0 saturated carbocycles. The van der Waals surface area contributed by atoms with Gasteiger partial charge in [0.2, 0.25) is 0 Å². The summed E-state index contributed by atoms with van der Waals surface area (Å²) in [7, 11) is 0. The number of ether oxygens (including phenoxy) is 1. The van der Waals surface area contributed by atoms with Crippen molar-refractivity contribution in [1.82, 2.24) is 0 Å². The van der Waals surface area contributed by atoms with Gasteiger partial charge in [-0.1, -0.05) is 0 Å². The highest BCUT2D eigenvalue weighted by Gasteiger charge is 2.24. The van der Waals surface area contributed by atoms with Gasteiger partial charge >= 0.3 is 0 Å². The Balaban J connectivity index is 4.01. The largest absolute Gasteiger partial charge is 0.381 e. The molecule has 0 amide bonds. The SMILES string of the molecule is NCCC(N)(CCN)CCOCCC(N)(CCN)CCN. The maximum atomic E-state index is 6.28. The van der Waals surface area contributed by atoms with E-state index in [0.29, 0.717) is 39.4 Å². The lowest BCUT2D eigenvalue weighted by molar-refractivity contribution is 0.0931. The van der Waals surface area contributed by atoms with Crippen LogP contribution in [0.1, 0.15) is 38.5 Å². The zero-order chi connectivity index (χ0) is 16.2. The van der Waals surface area contributed by atoms with Crippen LogP contribution in [0.2, 0.25) is 0 Å². The lowest BCUT2D eigenvalue weighted by Crippen LogP contribution is -2.45. The van der Waals surface area contributed by atoms with Crippen LogP contribution in [0.15, 0.2) is 0 Å². The van der Waals surface area contributed by atoms with Crippen LogP contribution in [0.4, 0.5) is 0 Å². The molecule has 7 heteroatoms. The van der Waals surface area contributed by atoms with E-state index in [0.717, 1.165) is 38.5 Å². The maximum Gasteiger partial charge on any atom is 0.0483 e. The second-order valence-corrected chi connectivity index (χ2v) is 5.99. The summed E-state index contributed by atoms with van der Waals surface area (Å²) in [6.45, 7) is 3.45. The van der Waals surface area contributed by atoms with E-state index in [2.05, 4.69) is 0 Å². The average Bonchev–Trinajstić information content (AvgIpc) is 2.39. The second-order valence-electron chi connectivity index (χ2n) is 5.99. The summed E-state index contributed by atoms with van der Waals surface area (Å²) in [5, 5.41) is 0.